The molecule has 0 saturated heterocycles. The highest BCUT2D eigenvalue weighted by atomic mass is 16.5. The zero-order valence-electron chi connectivity index (χ0n) is 16.2. The van der Waals surface area contributed by atoms with Gasteiger partial charge in [0.05, 0.1) is 0 Å². The van der Waals surface area contributed by atoms with E-state index in [0.29, 0.717) is 6.54 Å². The molecule has 0 bridgehead atoms. The number of hydrogen-bond donors (Lipinski definition) is 1. The smallest absolute Gasteiger partial charge is 0.120 e. The van der Waals surface area contributed by atoms with E-state index in [4.69, 9.17) is 4.74 Å². The van der Waals surface area contributed by atoms with Crippen LogP contribution in [0.5, 0.6) is 5.75 Å². The minimum absolute atomic E-state index is 0.285. The fourth-order valence-electron chi connectivity index (χ4n) is 3.77. The minimum atomic E-state index is -0.519. The van der Waals surface area contributed by atoms with E-state index in [0.717, 1.165) is 36.4 Å². The molecule has 1 unspecified atom stereocenters. The Labute approximate surface area is 166 Å². The van der Waals surface area contributed by atoms with Crippen LogP contribution in [0.25, 0.3) is 11.1 Å². The van der Waals surface area contributed by atoms with Crippen molar-refractivity contribution < 1.29 is 9.84 Å². The second-order valence-corrected chi connectivity index (χ2v) is 7.44. The van der Waals surface area contributed by atoms with Crippen molar-refractivity contribution in [3.8, 4) is 16.9 Å². The molecule has 3 aromatic rings. The zero-order chi connectivity index (χ0) is 19.3. The second-order valence-electron chi connectivity index (χ2n) is 7.44. The summed E-state index contributed by atoms with van der Waals surface area (Å²) in [5.74, 6) is 0.767. The summed E-state index contributed by atoms with van der Waals surface area (Å²) in [7, 11) is 0. The number of nitrogens with zero attached hydrogens (tertiary/aromatic N) is 2. The number of pyridine rings is 1. The van der Waals surface area contributed by atoms with Gasteiger partial charge in [0.1, 0.15) is 18.5 Å². The average molecular weight is 374 g/mol. The van der Waals surface area contributed by atoms with Crippen LogP contribution in [-0.2, 0) is 13.0 Å². The number of aliphatic hydroxyl groups excluding tert-OH is 1. The number of aromatic nitrogens is 1. The molecule has 0 amide bonds. The maximum atomic E-state index is 10.5. The molecule has 0 radical (unpaired) electrons. The van der Waals surface area contributed by atoms with E-state index < -0.39 is 6.10 Å². The lowest BCUT2D eigenvalue weighted by atomic mass is 10.00. The van der Waals surface area contributed by atoms with E-state index in [2.05, 4.69) is 47.1 Å². The topological polar surface area (TPSA) is 45.6 Å². The van der Waals surface area contributed by atoms with Gasteiger partial charge in [-0.05, 0) is 53.8 Å². The van der Waals surface area contributed by atoms with E-state index in [1.807, 2.05) is 30.5 Å². The Bertz CT molecular complexity index is 941. The quantitative estimate of drug-likeness (QED) is 0.712. The fraction of sp³-hybridized carbons (Fsp3) is 0.292. The van der Waals surface area contributed by atoms with Gasteiger partial charge in [0, 0.05) is 37.6 Å². The van der Waals surface area contributed by atoms with Crippen LogP contribution in [0.3, 0.4) is 0 Å². The van der Waals surface area contributed by atoms with Gasteiger partial charge in [-0.1, -0.05) is 36.4 Å². The van der Waals surface area contributed by atoms with Crippen molar-refractivity contribution in [1.82, 2.24) is 9.88 Å². The molecule has 0 spiro atoms. The second kappa shape index (κ2) is 8.55. The third kappa shape index (κ3) is 4.41. The Morgan fingerprint density at radius 2 is 1.96 bits per heavy atom. The van der Waals surface area contributed by atoms with E-state index >= 15 is 0 Å². The molecule has 144 valence electrons. The van der Waals surface area contributed by atoms with Crippen LogP contribution in [0.2, 0.25) is 0 Å². The van der Waals surface area contributed by atoms with Crippen molar-refractivity contribution in [2.75, 3.05) is 19.7 Å². The first kappa shape index (κ1) is 18.7. The molecule has 2 heterocycles. The highest BCUT2D eigenvalue weighted by Crippen LogP contribution is 2.26. The maximum absolute atomic E-state index is 10.5. The van der Waals surface area contributed by atoms with E-state index in [1.54, 1.807) is 6.20 Å². The minimum Gasteiger partial charge on any atom is -0.491 e. The molecule has 1 aliphatic heterocycles. The van der Waals surface area contributed by atoms with Gasteiger partial charge in [0.2, 0.25) is 0 Å². The molecule has 28 heavy (non-hydrogen) atoms. The van der Waals surface area contributed by atoms with Crippen LogP contribution in [0.15, 0.2) is 67.0 Å². The average Bonchev–Trinajstić information content (AvgIpc) is 2.73. The van der Waals surface area contributed by atoms with Crippen LogP contribution in [-0.4, -0.2) is 40.8 Å². The standard InChI is InChI=1S/C24H26N2O2/c1-18-9-11-25-14-24(18)20-7-4-8-23(13-20)28-17-22(27)16-26-12-10-19-5-2-3-6-21(19)15-26/h2-9,11,13-14,22,27H,10,12,15-17H2,1H3. The molecule has 2 aromatic carbocycles. The summed E-state index contributed by atoms with van der Waals surface area (Å²) < 4.78 is 5.88. The van der Waals surface area contributed by atoms with Crippen molar-refractivity contribution in [2.24, 2.45) is 0 Å². The Kier molecular flexibility index (Phi) is 5.70. The fourth-order valence-corrected chi connectivity index (χ4v) is 3.77. The number of benzene rings is 2. The van der Waals surface area contributed by atoms with E-state index in [-0.39, 0.29) is 6.61 Å². The predicted octanol–water partition coefficient (Wildman–Crippen LogP) is 3.86. The lowest BCUT2D eigenvalue weighted by Gasteiger charge is -2.30. The highest BCUT2D eigenvalue weighted by Gasteiger charge is 2.18. The van der Waals surface area contributed by atoms with Crippen LogP contribution in [0, 0.1) is 6.92 Å². The number of hydrogen-bond acceptors (Lipinski definition) is 4. The Morgan fingerprint density at radius 1 is 1.11 bits per heavy atom. The number of fused-ring (bicyclic) bond motifs is 1. The van der Waals surface area contributed by atoms with Gasteiger partial charge < -0.3 is 9.84 Å². The summed E-state index contributed by atoms with van der Waals surface area (Å²) in [6.45, 7) is 4.85. The number of aryl methyl sites for hydroxylation is 1. The number of aliphatic hydroxyl groups is 1. The van der Waals surface area contributed by atoms with Crippen LogP contribution >= 0.6 is 0 Å². The molecule has 1 aromatic heterocycles. The van der Waals surface area contributed by atoms with Gasteiger partial charge in [0.15, 0.2) is 0 Å². The summed E-state index contributed by atoms with van der Waals surface area (Å²) in [6, 6.07) is 18.5. The molecule has 1 N–H and O–H groups in total. The number of rotatable bonds is 6. The van der Waals surface area contributed by atoms with Crippen LogP contribution in [0.4, 0.5) is 0 Å². The maximum Gasteiger partial charge on any atom is 0.120 e. The summed E-state index contributed by atoms with van der Waals surface area (Å²) in [4.78, 5) is 6.52. The molecule has 4 rings (SSSR count). The Morgan fingerprint density at radius 3 is 2.82 bits per heavy atom. The van der Waals surface area contributed by atoms with Crippen molar-refractivity contribution in [2.45, 2.75) is 26.0 Å². The van der Waals surface area contributed by atoms with Crippen LogP contribution in [0.1, 0.15) is 16.7 Å². The molecular weight excluding hydrogens is 348 g/mol. The predicted molar refractivity (Wildman–Crippen MR) is 111 cm³/mol. The molecule has 0 fully saturated rings. The molecule has 4 nitrogen and oxygen atoms in total. The van der Waals surface area contributed by atoms with Crippen LogP contribution < -0.4 is 4.74 Å². The van der Waals surface area contributed by atoms with Gasteiger partial charge >= 0.3 is 0 Å². The Balaban J connectivity index is 1.34. The van der Waals surface area contributed by atoms with Crippen molar-refractivity contribution in [3.05, 3.63) is 83.7 Å². The normalized spacial score (nSPS) is 15.1. The molecular formula is C24H26N2O2. The third-order valence-corrected chi connectivity index (χ3v) is 5.31. The van der Waals surface area contributed by atoms with Gasteiger partial charge in [0.25, 0.3) is 0 Å². The SMILES string of the molecule is Cc1ccncc1-c1cccc(OCC(O)CN2CCc3ccccc3C2)c1. The van der Waals surface area contributed by atoms with Gasteiger partial charge in [-0.3, -0.25) is 9.88 Å². The number of β-amino-alcohol motifs (C(OH)–C–C–N with tert-alkyl or cyclic N) is 1. The van der Waals surface area contributed by atoms with Crippen molar-refractivity contribution in [1.29, 1.82) is 0 Å². The third-order valence-electron chi connectivity index (χ3n) is 5.31. The van der Waals surface area contributed by atoms with Gasteiger partial charge in [-0.25, -0.2) is 0 Å². The van der Waals surface area contributed by atoms with Gasteiger partial charge in [-0.2, -0.15) is 0 Å². The summed E-state index contributed by atoms with van der Waals surface area (Å²) in [6.07, 6.45) is 4.19. The lowest BCUT2D eigenvalue weighted by Crippen LogP contribution is -2.38. The molecule has 4 heteroatoms. The van der Waals surface area contributed by atoms with Crippen molar-refractivity contribution >= 4 is 0 Å². The largest absolute Gasteiger partial charge is 0.491 e. The molecule has 0 saturated carbocycles. The number of ether oxygens (including phenoxy) is 1. The zero-order valence-corrected chi connectivity index (χ0v) is 16.2. The van der Waals surface area contributed by atoms with Crippen molar-refractivity contribution in [3.63, 3.8) is 0 Å². The molecule has 0 aliphatic carbocycles. The lowest BCUT2D eigenvalue weighted by molar-refractivity contribution is 0.0638. The van der Waals surface area contributed by atoms with E-state index in [9.17, 15) is 5.11 Å². The monoisotopic (exact) mass is 374 g/mol. The molecule has 1 atom stereocenters. The first-order chi connectivity index (χ1) is 13.7. The summed E-state index contributed by atoms with van der Waals surface area (Å²) in [5.41, 5.74) is 6.14. The Hall–Kier alpha value is -2.69. The summed E-state index contributed by atoms with van der Waals surface area (Å²) >= 11 is 0. The van der Waals surface area contributed by atoms with E-state index in [1.165, 1.54) is 16.7 Å². The molecule has 1 aliphatic rings. The summed E-state index contributed by atoms with van der Waals surface area (Å²) in [5, 5.41) is 10.5. The first-order valence-electron chi connectivity index (χ1n) is 9.80. The first-order valence-corrected chi connectivity index (χ1v) is 9.80. The highest BCUT2D eigenvalue weighted by molar-refractivity contribution is 5.67. The van der Waals surface area contributed by atoms with Gasteiger partial charge in [-0.15, -0.1) is 0 Å².